The molecule has 0 bridgehead atoms. The van der Waals surface area contributed by atoms with Crippen LogP contribution in [0.2, 0.25) is 0 Å². The van der Waals surface area contributed by atoms with Gasteiger partial charge in [0.1, 0.15) is 0 Å². The monoisotopic (exact) mass is 506 g/mol. The van der Waals surface area contributed by atoms with E-state index in [1.807, 2.05) is 0 Å². The molecule has 0 radical (unpaired) electrons. The van der Waals surface area contributed by atoms with Crippen LogP contribution in [-0.4, -0.2) is 0 Å². The fraction of sp³-hybridized carbons (Fsp3) is 0. The third-order valence-corrected chi connectivity index (χ3v) is 8.22. The van der Waals surface area contributed by atoms with Crippen molar-refractivity contribution >= 4 is 43.1 Å². The first-order valence-corrected chi connectivity index (χ1v) is 13.9. The Kier molecular flexibility index (Phi) is 5.24. The maximum Gasteiger partial charge on any atom is -0.00923 e. The summed E-state index contributed by atoms with van der Waals surface area (Å²) in [5, 5.41) is 10.3. The van der Waals surface area contributed by atoms with Crippen LogP contribution in [0.3, 0.4) is 0 Å². The van der Waals surface area contributed by atoms with E-state index >= 15 is 0 Å². The van der Waals surface area contributed by atoms with Gasteiger partial charge in [0.25, 0.3) is 0 Å². The Morgan fingerprint density at radius 3 is 1.43 bits per heavy atom. The van der Waals surface area contributed by atoms with Gasteiger partial charge in [-0.05, 0) is 101 Å². The normalized spacial score (nSPS) is 11.5. The van der Waals surface area contributed by atoms with Crippen LogP contribution in [0.25, 0.3) is 76.5 Å². The quantitative estimate of drug-likeness (QED) is 0.209. The molecule has 0 saturated heterocycles. The molecule has 0 unspecified atom stereocenters. The Bertz CT molecular complexity index is 2200. The second kappa shape index (κ2) is 9.22. The Balaban J connectivity index is 1.39. The van der Waals surface area contributed by atoms with E-state index in [1.165, 1.54) is 76.5 Å². The minimum atomic E-state index is 1.23. The standard InChI is InChI=1S/C40H26/c1-2-12-28(13-3-1)37-25-39-36-20-9-7-18-34(36)38(26-40(39)35-19-8-6-17-33(35)37)32-16-10-15-30(24-32)31-22-21-27-11-4-5-14-29(27)23-31/h1-26H. The first-order valence-electron chi connectivity index (χ1n) is 13.9. The summed E-state index contributed by atoms with van der Waals surface area (Å²) in [6.07, 6.45) is 0. The molecule has 0 aliphatic heterocycles. The molecule has 0 nitrogen and oxygen atoms in total. The van der Waals surface area contributed by atoms with Gasteiger partial charge in [-0.3, -0.25) is 0 Å². The lowest BCUT2D eigenvalue weighted by Crippen LogP contribution is -1.89. The average Bonchev–Trinajstić information content (AvgIpc) is 3.04. The van der Waals surface area contributed by atoms with Crippen molar-refractivity contribution in [2.45, 2.75) is 0 Å². The van der Waals surface area contributed by atoms with E-state index < -0.39 is 0 Å². The Morgan fingerprint density at radius 2 is 0.725 bits per heavy atom. The summed E-state index contributed by atoms with van der Waals surface area (Å²) in [7, 11) is 0. The maximum absolute atomic E-state index is 2.41. The van der Waals surface area contributed by atoms with Crippen LogP contribution in [-0.2, 0) is 0 Å². The highest BCUT2D eigenvalue weighted by Crippen LogP contribution is 2.42. The zero-order valence-electron chi connectivity index (χ0n) is 22.0. The molecule has 0 heterocycles. The summed E-state index contributed by atoms with van der Waals surface area (Å²) in [5.74, 6) is 0. The minimum absolute atomic E-state index is 1.23. The van der Waals surface area contributed by atoms with Gasteiger partial charge in [0.15, 0.2) is 0 Å². The average molecular weight is 507 g/mol. The molecule has 0 fully saturated rings. The largest absolute Gasteiger partial charge is 0.0622 e. The lowest BCUT2D eigenvalue weighted by atomic mass is 9.87. The molecule has 8 aromatic carbocycles. The van der Waals surface area contributed by atoms with Crippen molar-refractivity contribution in [1.82, 2.24) is 0 Å². The fourth-order valence-electron chi connectivity index (χ4n) is 6.28. The van der Waals surface area contributed by atoms with Crippen molar-refractivity contribution in [1.29, 1.82) is 0 Å². The van der Waals surface area contributed by atoms with Crippen molar-refractivity contribution in [2.75, 3.05) is 0 Å². The van der Waals surface area contributed by atoms with Crippen LogP contribution in [0.4, 0.5) is 0 Å². The summed E-state index contributed by atoms with van der Waals surface area (Å²) in [4.78, 5) is 0. The van der Waals surface area contributed by atoms with Crippen molar-refractivity contribution < 1.29 is 0 Å². The zero-order chi connectivity index (χ0) is 26.5. The molecule has 0 amide bonds. The molecule has 0 saturated carbocycles. The number of rotatable bonds is 3. The van der Waals surface area contributed by atoms with Crippen LogP contribution >= 0.6 is 0 Å². The molecule has 0 spiro atoms. The first-order chi connectivity index (χ1) is 19.8. The van der Waals surface area contributed by atoms with Gasteiger partial charge in [0.05, 0.1) is 0 Å². The van der Waals surface area contributed by atoms with E-state index in [1.54, 1.807) is 0 Å². The molecule has 0 aliphatic carbocycles. The Morgan fingerprint density at radius 1 is 0.225 bits per heavy atom. The lowest BCUT2D eigenvalue weighted by molar-refractivity contribution is 1.62. The predicted octanol–water partition coefficient (Wildman–Crippen LogP) is 11.3. The van der Waals surface area contributed by atoms with E-state index in [0.717, 1.165) is 0 Å². The Hall–Kier alpha value is -5.20. The highest BCUT2D eigenvalue weighted by atomic mass is 14.2. The molecule has 8 aromatic rings. The molecular formula is C40H26. The highest BCUT2D eigenvalue weighted by molar-refractivity contribution is 6.23. The molecule has 8 rings (SSSR count). The number of hydrogen-bond donors (Lipinski definition) is 0. The van der Waals surface area contributed by atoms with Gasteiger partial charge in [0, 0.05) is 0 Å². The predicted molar refractivity (Wildman–Crippen MR) is 173 cm³/mol. The summed E-state index contributed by atoms with van der Waals surface area (Å²) in [6.45, 7) is 0. The summed E-state index contributed by atoms with van der Waals surface area (Å²) < 4.78 is 0. The maximum atomic E-state index is 2.41. The molecule has 0 atom stereocenters. The van der Waals surface area contributed by atoms with Crippen LogP contribution in [0, 0.1) is 0 Å². The van der Waals surface area contributed by atoms with Crippen molar-refractivity contribution in [2.24, 2.45) is 0 Å². The minimum Gasteiger partial charge on any atom is -0.0622 e. The van der Waals surface area contributed by atoms with Gasteiger partial charge in [-0.15, -0.1) is 0 Å². The van der Waals surface area contributed by atoms with E-state index in [9.17, 15) is 0 Å². The van der Waals surface area contributed by atoms with Gasteiger partial charge < -0.3 is 0 Å². The van der Waals surface area contributed by atoms with E-state index in [2.05, 4.69) is 158 Å². The summed E-state index contributed by atoms with van der Waals surface area (Å²) in [6, 6.07) is 57.6. The summed E-state index contributed by atoms with van der Waals surface area (Å²) in [5.41, 5.74) is 7.50. The van der Waals surface area contributed by atoms with Gasteiger partial charge in [-0.25, -0.2) is 0 Å². The zero-order valence-corrected chi connectivity index (χ0v) is 22.0. The third-order valence-electron chi connectivity index (χ3n) is 8.22. The molecule has 0 N–H and O–H groups in total. The van der Waals surface area contributed by atoms with E-state index in [4.69, 9.17) is 0 Å². The fourth-order valence-corrected chi connectivity index (χ4v) is 6.28. The van der Waals surface area contributed by atoms with Crippen molar-refractivity contribution in [3.05, 3.63) is 158 Å². The Labute approximate surface area is 233 Å². The number of hydrogen-bond acceptors (Lipinski definition) is 0. The van der Waals surface area contributed by atoms with Crippen LogP contribution in [0.5, 0.6) is 0 Å². The van der Waals surface area contributed by atoms with Crippen molar-refractivity contribution in [3.63, 3.8) is 0 Å². The van der Waals surface area contributed by atoms with E-state index in [-0.39, 0.29) is 0 Å². The topological polar surface area (TPSA) is 0 Å². The molecular weight excluding hydrogens is 480 g/mol. The number of benzene rings is 8. The second-order valence-corrected chi connectivity index (χ2v) is 10.5. The van der Waals surface area contributed by atoms with Gasteiger partial charge >= 0.3 is 0 Å². The van der Waals surface area contributed by atoms with Gasteiger partial charge in [0.2, 0.25) is 0 Å². The van der Waals surface area contributed by atoms with Crippen LogP contribution in [0.15, 0.2) is 158 Å². The molecule has 0 aromatic heterocycles. The number of fused-ring (bicyclic) bond motifs is 6. The molecule has 40 heavy (non-hydrogen) atoms. The second-order valence-electron chi connectivity index (χ2n) is 10.5. The molecule has 0 heteroatoms. The van der Waals surface area contributed by atoms with Crippen LogP contribution < -0.4 is 0 Å². The van der Waals surface area contributed by atoms with Crippen LogP contribution in [0.1, 0.15) is 0 Å². The SMILES string of the molecule is c1ccc(-c2cc3c4ccccc4c(-c4cccc(-c5ccc6ccccc6c5)c4)cc3c3ccccc23)cc1. The summed E-state index contributed by atoms with van der Waals surface area (Å²) >= 11 is 0. The molecule has 0 aliphatic rings. The third kappa shape index (κ3) is 3.69. The smallest absolute Gasteiger partial charge is 0.00923 e. The lowest BCUT2D eigenvalue weighted by Gasteiger charge is -2.16. The van der Waals surface area contributed by atoms with Gasteiger partial charge in [-0.2, -0.15) is 0 Å². The van der Waals surface area contributed by atoms with Crippen molar-refractivity contribution in [3.8, 4) is 33.4 Å². The molecule has 186 valence electrons. The van der Waals surface area contributed by atoms with E-state index in [0.29, 0.717) is 0 Å². The highest BCUT2D eigenvalue weighted by Gasteiger charge is 2.14. The first kappa shape index (κ1) is 22.8. The van der Waals surface area contributed by atoms with Gasteiger partial charge in [-0.1, -0.05) is 133 Å².